The lowest BCUT2D eigenvalue weighted by Crippen LogP contribution is -2.28. The van der Waals surface area contributed by atoms with Gasteiger partial charge in [-0.25, -0.2) is 4.79 Å². The molecule has 0 aliphatic heterocycles. The lowest BCUT2D eigenvalue weighted by Gasteiger charge is -2.17. The van der Waals surface area contributed by atoms with Crippen molar-refractivity contribution in [2.45, 2.75) is 6.92 Å². The standard InChI is InChI=1S/C29H23N3O4/c1-18-16-24(22-14-8-9-15-23(22)30-18)31-25(33)17-36-29(35)27-26(19-10-4-3-5-11-19)20-12-6-7-13-21(20)28(34)32(27)2/h3-16H,17H2,1-2H3,(H,30,31,33). The van der Waals surface area contributed by atoms with Gasteiger partial charge in [0.15, 0.2) is 6.61 Å². The van der Waals surface area contributed by atoms with Gasteiger partial charge in [0.25, 0.3) is 11.5 Å². The summed E-state index contributed by atoms with van der Waals surface area (Å²) in [5.74, 6) is -1.25. The molecule has 0 saturated carbocycles. The van der Waals surface area contributed by atoms with E-state index in [1.54, 1.807) is 24.3 Å². The first-order valence-electron chi connectivity index (χ1n) is 11.4. The molecule has 1 amide bonds. The number of amides is 1. The molecular weight excluding hydrogens is 454 g/mol. The number of fused-ring (bicyclic) bond motifs is 2. The Morgan fingerprint density at radius 3 is 2.28 bits per heavy atom. The number of nitrogens with zero attached hydrogens (tertiary/aromatic N) is 2. The van der Waals surface area contributed by atoms with E-state index in [1.165, 1.54) is 11.6 Å². The number of aryl methyl sites for hydroxylation is 1. The van der Waals surface area contributed by atoms with Gasteiger partial charge in [-0.3, -0.25) is 14.6 Å². The zero-order valence-electron chi connectivity index (χ0n) is 19.8. The minimum atomic E-state index is -0.759. The van der Waals surface area contributed by atoms with Gasteiger partial charge in [0.1, 0.15) is 5.69 Å². The van der Waals surface area contributed by atoms with Gasteiger partial charge in [0.2, 0.25) is 0 Å². The van der Waals surface area contributed by atoms with E-state index in [0.29, 0.717) is 22.0 Å². The molecule has 0 aliphatic carbocycles. The molecule has 0 saturated heterocycles. The summed E-state index contributed by atoms with van der Waals surface area (Å²) in [6.45, 7) is 1.33. The number of benzene rings is 3. The van der Waals surface area contributed by atoms with Crippen LogP contribution in [0.4, 0.5) is 5.69 Å². The molecule has 0 fully saturated rings. The molecule has 3 aromatic carbocycles. The molecule has 0 radical (unpaired) electrons. The van der Waals surface area contributed by atoms with Crippen molar-refractivity contribution in [1.82, 2.24) is 9.55 Å². The molecular formula is C29H23N3O4. The van der Waals surface area contributed by atoms with Crippen molar-refractivity contribution in [3.05, 3.63) is 107 Å². The molecule has 5 rings (SSSR count). The van der Waals surface area contributed by atoms with Gasteiger partial charge in [0.05, 0.1) is 11.2 Å². The van der Waals surface area contributed by atoms with Gasteiger partial charge < -0.3 is 14.6 Å². The molecule has 2 aromatic heterocycles. The van der Waals surface area contributed by atoms with E-state index in [2.05, 4.69) is 10.3 Å². The van der Waals surface area contributed by atoms with Gasteiger partial charge in [-0.1, -0.05) is 66.7 Å². The Morgan fingerprint density at radius 2 is 1.53 bits per heavy atom. The summed E-state index contributed by atoms with van der Waals surface area (Å²) >= 11 is 0. The minimum Gasteiger partial charge on any atom is -0.451 e. The van der Waals surface area contributed by atoms with Crippen LogP contribution in [0.15, 0.2) is 89.7 Å². The second kappa shape index (κ2) is 9.46. The molecule has 0 unspecified atom stereocenters. The highest BCUT2D eigenvalue weighted by Gasteiger charge is 2.23. The number of esters is 1. The number of nitrogens with one attached hydrogen (secondary N) is 1. The topological polar surface area (TPSA) is 90.3 Å². The van der Waals surface area contributed by atoms with Crippen LogP contribution in [0.3, 0.4) is 0 Å². The first-order valence-corrected chi connectivity index (χ1v) is 11.4. The number of carbonyl (C=O) groups excluding carboxylic acids is 2. The number of hydrogen-bond acceptors (Lipinski definition) is 5. The van der Waals surface area contributed by atoms with Crippen molar-refractivity contribution < 1.29 is 14.3 Å². The number of carbonyl (C=O) groups is 2. The number of anilines is 1. The molecule has 178 valence electrons. The Kier molecular flexibility index (Phi) is 6.04. The highest BCUT2D eigenvalue weighted by atomic mass is 16.5. The molecule has 7 heteroatoms. The van der Waals surface area contributed by atoms with Crippen LogP contribution in [0, 0.1) is 6.92 Å². The fourth-order valence-corrected chi connectivity index (χ4v) is 4.40. The van der Waals surface area contributed by atoms with Crippen molar-refractivity contribution in [3.63, 3.8) is 0 Å². The Labute approximate surface area is 207 Å². The van der Waals surface area contributed by atoms with Crippen molar-refractivity contribution in [3.8, 4) is 11.1 Å². The maximum atomic E-state index is 13.3. The number of ether oxygens (including phenoxy) is 1. The van der Waals surface area contributed by atoms with E-state index in [1.807, 2.05) is 67.6 Å². The molecule has 2 heterocycles. The first kappa shape index (κ1) is 23.0. The Balaban J connectivity index is 1.47. The highest BCUT2D eigenvalue weighted by molar-refractivity contribution is 6.07. The summed E-state index contributed by atoms with van der Waals surface area (Å²) in [5, 5.41) is 4.73. The van der Waals surface area contributed by atoms with Crippen molar-refractivity contribution in [1.29, 1.82) is 0 Å². The number of aromatic nitrogens is 2. The number of para-hydroxylation sites is 1. The maximum Gasteiger partial charge on any atom is 0.356 e. The normalized spacial score (nSPS) is 10.9. The summed E-state index contributed by atoms with van der Waals surface area (Å²) in [7, 11) is 1.53. The van der Waals surface area contributed by atoms with E-state index in [4.69, 9.17) is 4.74 Å². The summed E-state index contributed by atoms with van der Waals surface area (Å²) in [5.41, 5.74) is 3.20. The fourth-order valence-electron chi connectivity index (χ4n) is 4.40. The van der Waals surface area contributed by atoms with Gasteiger partial charge in [-0.15, -0.1) is 0 Å². The van der Waals surface area contributed by atoms with Crippen molar-refractivity contribution >= 4 is 39.2 Å². The minimum absolute atomic E-state index is 0.0860. The van der Waals surface area contributed by atoms with Gasteiger partial charge in [-0.05, 0) is 36.1 Å². The van der Waals surface area contributed by atoms with Crippen LogP contribution in [0.1, 0.15) is 16.2 Å². The number of pyridine rings is 2. The largest absolute Gasteiger partial charge is 0.451 e. The fraction of sp³-hybridized carbons (Fsp3) is 0.103. The third-order valence-corrected chi connectivity index (χ3v) is 6.01. The summed E-state index contributed by atoms with van der Waals surface area (Å²) in [6.07, 6.45) is 0. The molecule has 36 heavy (non-hydrogen) atoms. The highest BCUT2D eigenvalue weighted by Crippen LogP contribution is 2.31. The second-order valence-corrected chi connectivity index (χ2v) is 8.45. The Bertz CT molecular complexity index is 1690. The summed E-state index contributed by atoms with van der Waals surface area (Å²) in [4.78, 5) is 43.6. The van der Waals surface area contributed by atoms with Crippen LogP contribution in [0.2, 0.25) is 0 Å². The van der Waals surface area contributed by atoms with Crippen LogP contribution in [0.5, 0.6) is 0 Å². The third-order valence-electron chi connectivity index (χ3n) is 6.01. The Hall–Kier alpha value is -4.78. The maximum absolute atomic E-state index is 13.3. The average Bonchev–Trinajstić information content (AvgIpc) is 2.89. The van der Waals surface area contributed by atoms with Crippen LogP contribution in [-0.4, -0.2) is 28.0 Å². The lowest BCUT2D eigenvalue weighted by molar-refractivity contribution is -0.119. The molecule has 7 nitrogen and oxygen atoms in total. The Morgan fingerprint density at radius 1 is 0.889 bits per heavy atom. The van der Waals surface area contributed by atoms with Crippen molar-refractivity contribution in [2.75, 3.05) is 11.9 Å². The summed E-state index contributed by atoms with van der Waals surface area (Å²) in [6, 6.07) is 25.7. The number of rotatable bonds is 5. The van der Waals surface area contributed by atoms with Crippen LogP contribution >= 0.6 is 0 Å². The predicted molar refractivity (Wildman–Crippen MR) is 140 cm³/mol. The zero-order chi connectivity index (χ0) is 25.2. The molecule has 1 N–H and O–H groups in total. The quantitative estimate of drug-likeness (QED) is 0.365. The van der Waals surface area contributed by atoms with Crippen LogP contribution < -0.4 is 10.9 Å². The van der Waals surface area contributed by atoms with E-state index < -0.39 is 18.5 Å². The second-order valence-electron chi connectivity index (χ2n) is 8.45. The summed E-state index contributed by atoms with van der Waals surface area (Å²) < 4.78 is 6.71. The molecule has 0 aliphatic rings. The molecule has 0 bridgehead atoms. The monoisotopic (exact) mass is 477 g/mol. The third kappa shape index (κ3) is 4.22. The van der Waals surface area contributed by atoms with E-state index in [-0.39, 0.29) is 11.3 Å². The smallest absolute Gasteiger partial charge is 0.356 e. The predicted octanol–water partition coefficient (Wildman–Crippen LogP) is 4.86. The van der Waals surface area contributed by atoms with Crippen LogP contribution in [0.25, 0.3) is 32.8 Å². The van der Waals surface area contributed by atoms with Crippen LogP contribution in [-0.2, 0) is 16.6 Å². The van der Waals surface area contributed by atoms with E-state index in [0.717, 1.165) is 22.2 Å². The van der Waals surface area contributed by atoms with Gasteiger partial charge in [-0.2, -0.15) is 0 Å². The molecule has 5 aromatic rings. The zero-order valence-corrected chi connectivity index (χ0v) is 19.8. The number of hydrogen-bond donors (Lipinski definition) is 1. The lowest BCUT2D eigenvalue weighted by atomic mass is 9.97. The van der Waals surface area contributed by atoms with Gasteiger partial charge >= 0.3 is 5.97 Å². The first-order chi connectivity index (χ1) is 17.4. The molecule has 0 spiro atoms. The van der Waals surface area contributed by atoms with E-state index in [9.17, 15) is 14.4 Å². The SMILES string of the molecule is Cc1cc(NC(=O)COC(=O)c2c(-c3ccccc3)c3ccccc3c(=O)n2C)c2ccccc2n1. The van der Waals surface area contributed by atoms with Crippen molar-refractivity contribution in [2.24, 2.45) is 7.05 Å². The van der Waals surface area contributed by atoms with Gasteiger partial charge in [0, 0.05) is 29.1 Å². The molecule has 0 atom stereocenters. The average molecular weight is 478 g/mol. The van der Waals surface area contributed by atoms with E-state index >= 15 is 0 Å².